The Morgan fingerprint density at radius 1 is 1.50 bits per heavy atom. The lowest BCUT2D eigenvalue weighted by Crippen LogP contribution is -2.37. The maximum absolute atomic E-state index is 8.84. The standard InChI is InChI=1S/C9H20N2O/c1-8-5-10-6-9(3-4-12)11(2)7-8/h8-10,12H,3-7H2,1-2H3. The molecule has 0 spiro atoms. The lowest BCUT2D eigenvalue weighted by molar-refractivity contribution is 0.185. The van der Waals surface area contributed by atoms with E-state index < -0.39 is 0 Å². The van der Waals surface area contributed by atoms with Crippen LogP contribution in [0.2, 0.25) is 0 Å². The van der Waals surface area contributed by atoms with E-state index in [2.05, 4.69) is 24.2 Å². The average molecular weight is 172 g/mol. The van der Waals surface area contributed by atoms with Crippen molar-refractivity contribution >= 4 is 0 Å². The maximum Gasteiger partial charge on any atom is 0.0446 e. The number of hydrogen-bond donors (Lipinski definition) is 2. The van der Waals surface area contributed by atoms with Crippen LogP contribution in [-0.2, 0) is 0 Å². The second-order valence-electron chi connectivity index (χ2n) is 3.87. The fraction of sp³-hybridized carbons (Fsp3) is 1.00. The van der Waals surface area contributed by atoms with Crippen LogP contribution in [0.1, 0.15) is 13.3 Å². The zero-order valence-electron chi connectivity index (χ0n) is 8.08. The van der Waals surface area contributed by atoms with E-state index >= 15 is 0 Å². The Hall–Kier alpha value is -0.120. The summed E-state index contributed by atoms with van der Waals surface area (Å²) in [5, 5.41) is 12.2. The first-order valence-electron chi connectivity index (χ1n) is 4.76. The Balaban J connectivity index is 2.40. The average Bonchev–Trinajstić information content (AvgIpc) is 2.15. The van der Waals surface area contributed by atoms with Crippen LogP contribution >= 0.6 is 0 Å². The minimum absolute atomic E-state index is 0.297. The predicted octanol–water partition coefficient (Wildman–Crippen LogP) is -0.0915. The SMILES string of the molecule is CC1CNCC(CCO)N(C)C1. The summed E-state index contributed by atoms with van der Waals surface area (Å²) in [5.41, 5.74) is 0. The molecule has 0 aromatic carbocycles. The van der Waals surface area contributed by atoms with E-state index in [0.717, 1.165) is 32.0 Å². The minimum atomic E-state index is 0.297. The molecule has 1 aliphatic heterocycles. The summed E-state index contributed by atoms with van der Waals surface area (Å²) in [5.74, 6) is 0.721. The molecule has 1 heterocycles. The summed E-state index contributed by atoms with van der Waals surface area (Å²) in [4.78, 5) is 2.35. The van der Waals surface area contributed by atoms with Crippen LogP contribution in [0.15, 0.2) is 0 Å². The summed E-state index contributed by atoms with van der Waals surface area (Å²) >= 11 is 0. The van der Waals surface area contributed by atoms with Crippen LogP contribution in [0.25, 0.3) is 0 Å². The van der Waals surface area contributed by atoms with E-state index in [9.17, 15) is 0 Å². The van der Waals surface area contributed by atoms with E-state index in [4.69, 9.17) is 5.11 Å². The summed E-state index contributed by atoms with van der Waals surface area (Å²) in [6.45, 7) is 5.81. The fourth-order valence-corrected chi connectivity index (χ4v) is 1.83. The second kappa shape index (κ2) is 4.80. The van der Waals surface area contributed by atoms with Gasteiger partial charge in [-0.3, -0.25) is 0 Å². The Labute approximate surface area is 74.8 Å². The van der Waals surface area contributed by atoms with Crippen molar-refractivity contribution in [2.45, 2.75) is 19.4 Å². The van der Waals surface area contributed by atoms with Crippen molar-refractivity contribution in [3.63, 3.8) is 0 Å². The molecule has 2 atom stereocenters. The lowest BCUT2D eigenvalue weighted by Gasteiger charge is -2.25. The number of likely N-dealkylation sites (N-methyl/N-ethyl adjacent to an activating group) is 1. The van der Waals surface area contributed by atoms with Crippen molar-refractivity contribution in [2.24, 2.45) is 5.92 Å². The maximum atomic E-state index is 8.84. The molecule has 12 heavy (non-hydrogen) atoms. The Bertz CT molecular complexity index is 130. The van der Waals surface area contributed by atoms with Crippen LogP contribution < -0.4 is 5.32 Å². The highest BCUT2D eigenvalue weighted by Crippen LogP contribution is 2.08. The smallest absolute Gasteiger partial charge is 0.0446 e. The topological polar surface area (TPSA) is 35.5 Å². The number of nitrogens with zero attached hydrogens (tertiary/aromatic N) is 1. The normalized spacial score (nSPS) is 33.2. The van der Waals surface area contributed by atoms with Crippen LogP contribution in [0.4, 0.5) is 0 Å². The van der Waals surface area contributed by atoms with E-state index in [1.807, 2.05) is 0 Å². The van der Waals surface area contributed by atoms with Crippen molar-refractivity contribution in [1.29, 1.82) is 0 Å². The molecule has 0 radical (unpaired) electrons. The molecule has 0 bridgehead atoms. The molecular formula is C9H20N2O. The minimum Gasteiger partial charge on any atom is -0.396 e. The molecule has 2 N–H and O–H groups in total. The number of aliphatic hydroxyl groups excluding tert-OH is 1. The fourth-order valence-electron chi connectivity index (χ4n) is 1.83. The predicted molar refractivity (Wildman–Crippen MR) is 50.2 cm³/mol. The molecule has 3 heteroatoms. The molecule has 0 amide bonds. The first kappa shape index (κ1) is 9.96. The third kappa shape index (κ3) is 2.73. The van der Waals surface area contributed by atoms with Crippen molar-refractivity contribution in [3.8, 4) is 0 Å². The van der Waals surface area contributed by atoms with Crippen molar-refractivity contribution in [3.05, 3.63) is 0 Å². The van der Waals surface area contributed by atoms with E-state index in [-0.39, 0.29) is 0 Å². The molecule has 2 unspecified atom stereocenters. The molecular weight excluding hydrogens is 152 g/mol. The van der Waals surface area contributed by atoms with Crippen molar-refractivity contribution in [1.82, 2.24) is 10.2 Å². The molecule has 0 saturated carbocycles. The van der Waals surface area contributed by atoms with Gasteiger partial charge < -0.3 is 15.3 Å². The van der Waals surface area contributed by atoms with Gasteiger partial charge in [0.05, 0.1) is 0 Å². The van der Waals surface area contributed by atoms with E-state index in [1.165, 1.54) is 0 Å². The zero-order chi connectivity index (χ0) is 8.97. The molecule has 1 saturated heterocycles. The van der Waals surface area contributed by atoms with Gasteiger partial charge in [0.1, 0.15) is 0 Å². The van der Waals surface area contributed by atoms with Gasteiger partial charge in [0.25, 0.3) is 0 Å². The zero-order valence-corrected chi connectivity index (χ0v) is 8.08. The van der Waals surface area contributed by atoms with Gasteiger partial charge in [-0.25, -0.2) is 0 Å². The Morgan fingerprint density at radius 2 is 2.25 bits per heavy atom. The number of nitrogens with one attached hydrogen (secondary N) is 1. The molecule has 1 rings (SSSR count). The van der Waals surface area contributed by atoms with Gasteiger partial charge >= 0.3 is 0 Å². The van der Waals surface area contributed by atoms with Gasteiger partial charge in [0.15, 0.2) is 0 Å². The first-order valence-corrected chi connectivity index (χ1v) is 4.76. The van der Waals surface area contributed by atoms with Gasteiger partial charge in [-0.15, -0.1) is 0 Å². The van der Waals surface area contributed by atoms with Gasteiger partial charge in [-0.05, 0) is 25.9 Å². The molecule has 3 nitrogen and oxygen atoms in total. The van der Waals surface area contributed by atoms with Gasteiger partial charge in [0, 0.05) is 25.7 Å². The van der Waals surface area contributed by atoms with Gasteiger partial charge in [0.2, 0.25) is 0 Å². The van der Waals surface area contributed by atoms with Crippen LogP contribution in [0, 0.1) is 5.92 Å². The van der Waals surface area contributed by atoms with E-state index in [1.54, 1.807) is 0 Å². The van der Waals surface area contributed by atoms with Crippen molar-refractivity contribution in [2.75, 3.05) is 33.3 Å². The van der Waals surface area contributed by atoms with Crippen LogP contribution in [0.5, 0.6) is 0 Å². The van der Waals surface area contributed by atoms with Gasteiger partial charge in [-0.2, -0.15) is 0 Å². The van der Waals surface area contributed by atoms with Crippen LogP contribution in [-0.4, -0.2) is 49.3 Å². The van der Waals surface area contributed by atoms with Gasteiger partial charge in [-0.1, -0.05) is 6.92 Å². The quantitative estimate of drug-likeness (QED) is 0.611. The monoisotopic (exact) mass is 172 g/mol. The second-order valence-corrected chi connectivity index (χ2v) is 3.87. The third-order valence-electron chi connectivity index (χ3n) is 2.56. The molecule has 1 aliphatic rings. The first-order chi connectivity index (χ1) is 5.74. The largest absolute Gasteiger partial charge is 0.396 e. The number of aliphatic hydroxyl groups is 1. The summed E-state index contributed by atoms with van der Waals surface area (Å²) in [6.07, 6.45) is 0.885. The molecule has 0 aromatic heterocycles. The molecule has 72 valence electrons. The highest BCUT2D eigenvalue weighted by molar-refractivity contribution is 4.77. The third-order valence-corrected chi connectivity index (χ3v) is 2.56. The summed E-state index contributed by atoms with van der Waals surface area (Å²) < 4.78 is 0. The van der Waals surface area contributed by atoms with Crippen molar-refractivity contribution < 1.29 is 5.11 Å². The summed E-state index contributed by atoms with van der Waals surface area (Å²) in [7, 11) is 2.14. The lowest BCUT2D eigenvalue weighted by atomic mass is 10.1. The molecule has 0 aliphatic carbocycles. The highest BCUT2D eigenvalue weighted by atomic mass is 16.3. The Morgan fingerprint density at radius 3 is 2.92 bits per heavy atom. The molecule has 1 fully saturated rings. The molecule has 0 aromatic rings. The number of hydrogen-bond acceptors (Lipinski definition) is 3. The summed E-state index contributed by atoms with van der Waals surface area (Å²) in [6, 6.07) is 0.514. The van der Waals surface area contributed by atoms with E-state index in [0.29, 0.717) is 12.6 Å². The van der Waals surface area contributed by atoms with Crippen LogP contribution in [0.3, 0.4) is 0 Å². The Kier molecular flexibility index (Phi) is 3.98. The number of rotatable bonds is 2. The highest BCUT2D eigenvalue weighted by Gasteiger charge is 2.19.